The maximum atomic E-state index is 5.85. The van der Waals surface area contributed by atoms with Crippen molar-refractivity contribution in [1.29, 1.82) is 0 Å². The van der Waals surface area contributed by atoms with Crippen molar-refractivity contribution in [3.8, 4) is 0 Å². The normalized spacial score (nSPS) is 13.0. The largest absolute Gasteiger partial charge is 0.324 e. The molecule has 1 atom stereocenters. The van der Waals surface area contributed by atoms with Crippen molar-refractivity contribution < 1.29 is 0 Å². The van der Waals surface area contributed by atoms with Gasteiger partial charge in [0, 0.05) is 10.9 Å². The first kappa shape index (κ1) is 9.62. The van der Waals surface area contributed by atoms with Crippen LogP contribution in [0.5, 0.6) is 0 Å². The molecular weight excluding hydrogens is 166 g/mol. The summed E-state index contributed by atoms with van der Waals surface area (Å²) in [6, 6.07) is 6.56. The molecule has 12 heavy (non-hydrogen) atoms. The van der Waals surface area contributed by atoms with Crippen LogP contribution in [-0.4, -0.2) is 6.26 Å². The molecule has 1 aromatic rings. The lowest BCUT2D eigenvalue weighted by atomic mass is 10.1. The van der Waals surface area contributed by atoms with Crippen molar-refractivity contribution in [1.82, 2.24) is 0 Å². The van der Waals surface area contributed by atoms with E-state index < -0.39 is 0 Å². The minimum absolute atomic E-state index is 0.132. The molecule has 1 aromatic carbocycles. The number of thioether (sulfide) groups is 1. The van der Waals surface area contributed by atoms with Crippen molar-refractivity contribution >= 4 is 11.8 Å². The molecule has 0 saturated heterocycles. The van der Waals surface area contributed by atoms with Crippen LogP contribution in [0.15, 0.2) is 23.1 Å². The van der Waals surface area contributed by atoms with Gasteiger partial charge in [0.2, 0.25) is 0 Å². The number of hydrogen-bond acceptors (Lipinski definition) is 2. The standard InChI is InChI=1S/C10H15NS/c1-7-4-5-10(12-3)9(6-7)8(2)11/h4-6,8H,11H2,1-3H3. The van der Waals surface area contributed by atoms with Crippen LogP contribution in [0.4, 0.5) is 0 Å². The van der Waals surface area contributed by atoms with Gasteiger partial charge < -0.3 is 5.73 Å². The van der Waals surface area contributed by atoms with Crippen LogP contribution in [0, 0.1) is 6.92 Å². The van der Waals surface area contributed by atoms with Gasteiger partial charge in [-0.15, -0.1) is 11.8 Å². The van der Waals surface area contributed by atoms with Crippen molar-refractivity contribution in [3.05, 3.63) is 29.3 Å². The molecule has 1 unspecified atom stereocenters. The SMILES string of the molecule is CSc1ccc(C)cc1C(C)N. The molecule has 0 aliphatic carbocycles. The highest BCUT2D eigenvalue weighted by Gasteiger charge is 2.05. The van der Waals surface area contributed by atoms with Gasteiger partial charge in [0.15, 0.2) is 0 Å². The van der Waals surface area contributed by atoms with E-state index in [1.165, 1.54) is 16.0 Å². The molecule has 0 bridgehead atoms. The second-order valence-electron chi connectivity index (χ2n) is 3.03. The number of hydrogen-bond donors (Lipinski definition) is 1. The van der Waals surface area contributed by atoms with Crippen LogP contribution in [-0.2, 0) is 0 Å². The summed E-state index contributed by atoms with van der Waals surface area (Å²) in [6.45, 7) is 4.12. The Balaban J connectivity index is 3.12. The van der Waals surface area contributed by atoms with Gasteiger partial charge in [0.1, 0.15) is 0 Å². The Kier molecular flexibility index (Phi) is 3.18. The molecule has 0 aliphatic heterocycles. The Bertz CT molecular complexity index is 269. The lowest BCUT2D eigenvalue weighted by Crippen LogP contribution is -2.06. The van der Waals surface area contributed by atoms with E-state index in [1.54, 1.807) is 11.8 Å². The summed E-state index contributed by atoms with van der Waals surface area (Å²) in [5.74, 6) is 0. The highest BCUT2D eigenvalue weighted by atomic mass is 32.2. The molecule has 66 valence electrons. The molecule has 0 amide bonds. The summed E-state index contributed by atoms with van der Waals surface area (Å²) in [7, 11) is 0. The van der Waals surface area contributed by atoms with E-state index in [9.17, 15) is 0 Å². The molecule has 1 nitrogen and oxygen atoms in total. The van der Waals surface area contributed by atoms with Crippen molar-refractivity contribution in [3.63, 3.8) is 0 Å². The van der Waals surface area contributed by atoms with Crippen LogP contribution < -0.4 is 5.73 Å². The number of rotatable bonds is 2. The van der Waals surface area contributed by atoms with Crippen molar-refractivity contribution in [2.45, 2.75) is 24.8 Å². The third-order valence-electron chi connectivity index (χ3n) is 1.88. The van der Waals surface area contributed by atoms with Gasteiger partial charge in [0.25, 0.3) is 0 Å². The van der Waals surface area contributed by atoms with Crippen LogP contribution in [0.1, 0.15) is 24.1 Å². The molecule has 0 aliphatic rings. The third kappa shape index (κ3) is 2.02. The van der Waals surface area contributed by atoms with E-state index in [0.717, 1.165) is 0 Å². The topological polar surface area (TPSA) is 26.0 Å². The molecule has 2 heteroatoms. The second-order valence-corrected chi connectivity index (χ2v) is 3.88. The summed E-state index contributed by atoms with van der Waals surface area (Å²) < 4.78 is 0. The quantitative estimate of drug-likeness (QED) is 0.710. The summed E-state index contributed by atoms with van der Waals surface area (Å²) in [6.07, 6.45) is 2.08. The summed E-state index contributed by atoms with van der Waals surface area (Å²) in [4.78, 5) is 1.29. The van der Waals surface area contributed by atoms with E-state index in [2.05, 4.69) is 31.4 Å². The minimum atomic E-state index is 0.132. The summed E-state index contributed by atoms with van der Waals surface area (Å²) in [5.41, 5.74) is 8.38. The van der Waals surface area contributed by atoms with Gasteiger partial charge in [-0.25, -0.2) is 0 Å². The Morgan fingerprint density at radius 1 is 1.42 bits per heavy atom. The fraction of sp³-hybridized carbons (Fsp3) is 0.400. The number of aryl methyl sites for hydroxylation is 1. The average Bonchev–Trinajstić information content (AvgIpc) is 2.04. The smallest absolute Gasteiger partial charge is 0.0277 e. The predicted molar refractivity (Wildman–Crippen MR) is 55.6 cm³/mol. The van der Waals surface area contributed by atoms with Crippen LogP contribution in [0.25, 0.3) is 0 Å². The average molecular weight is 181 g/mol. The molecule has 0 spiro atoms. The first-order chi connectivity index (χ1) is 5.65. The lowest BCUT2D eigenvalue weighted by Gasteiger charge is -2.11. The maximum Gasteiger partial charge on any atom is 0.0277 e. The zero-order chi connectivity index (χ0) is 9.14. The van der Waals surface area contributed by atoms with Gasteiger partial charge in [-0.05, 0) is 31.7 Å². The van der Waals surface area contributed by atoms with Crippen LogP contribution >= 0.6 is 11.8 Å². The van der Waals surface area contributed by atoms with E-state index in [1.807, 2.05) is 6.92 Å². The monoisotopic (exact) mass is 181 g/mol. The van der Waals surface area contributed by atoms with Crippen LogP contribution in [0.2, 0.25) is 0 Å². The van der Waals surface area contributed by atoms with Gasteiger partial charge >= 0.3 is 0 Å². The maximum absolute atomic E-state index is 5.85. The molecule has 0 fully saturated rings. The van der Waals surface area contributed by atoms with Gasteiger partial charge in [0.05, 0.1) is 0 Å². The fourth-order valence-corrected chi connectivity index (χ4v) is 1.89. The molecular formula is C10H15NS. The summed E-state index contributed by atoms with van der Waals surface area (Å²) in [5, 5.41) is 0. The van der Waals surface area contributed by atoms with E-state index in [4.69, 9.17) is 5.73 Å². The molecule has 0 aromatic heterocycles. The highest BCUT2D eigenvalue weighted by Crippen LogP contribution is 2.25. The minimum Gasteiger partial charge on any atom is -0.324 e. The van der Waals surface area contributed by atoms with Crippen molar-refractivity contribution in [2.24, 2.45) is 5.73 Å². The number of benzene rings is 1. The predicted octanol–water partition coefficient (Wildman–Crippen LogP) is 2.74. The molecule has 0 heterocycles. The molecule has 0 saturated carbocycles. The Morgan fingerprint density at radius 3 is 2.58 bits per heavy atom. The molecule has 0 radical (unpaired) electrons. The van der Waals surface area contributed by atoms with Crippen molar-refractivity contribution in [2.75, 3.05) is 6.26 Å². The Labute approximate surface area is 78.4 Å². The second kappa shape index (κ2) is 3.97. The zero-order valence-electron chi connectivity index (χ0n) is 7.79. The van der Waals surface area contributed by atoms with E-state index in [0.29, 0.717) is 0 Å². The van der Waals surface area contributed by atoms with Gasteiger partial charge in [-0.1, -0.05) is 17.7 Å². The third-order valence-corrected chi connectivity index (χ3v) is 2.69. The highest BCUT2D eigenvalue weighted by molar-refractivity contribution is 7.98. The molecule has 2 N–H and O–H groups in total. The Hall–Kier alpha value is -0.470. The fourth-order valence-electron chi connectivity index (χ4n) is 1.21. The van der Waals surface area contributed by atoms with E-state index >= 15 is 0 Å². The number of nitrogens with two attached hydrogens (primary N) is 1. The lowest BCUT2D eigenvalue weighted by molar-refractivity contribution is 0.796. The zero-order valence-corrected chi connectivity index (χ0v) is 8.61. The van der Waals surface area contributed by atoms with Gasteiger partial charge in [-0.2, -0.15) is 0 Å². The first-order valence-corrected chi connectivity index (χ1v) is 5.27. The Morgan fingerprint density at radius 2 is 2.08 bits per heavy atom. The van der Waals surface area contributed by atoms with Crippen LogP contribution in [0.3, 0.4) is 0 Å². The van der Waals surface area contributed by atoms with E-state index in [-0.39, 0.29) is 6.04 Å². The molecule has 1 rings (SSSR count). The summed E-state index contributed by atoms with van der Waals surface area (Å²) >= 11 is 1.75. The first-order valence-electron chi connectivity index (χ1n) is 4.05. The van der Waals surface area contributed by atoms with Gasteiger partial charge in [-0.3, -0.25) is 0 Å².